The lowest BCUT2D eigenvalue weighted by Gasteiger charge is -2.61. The number of hydrogen-bond acceptors (Lipinski definition) is 16. The van der Waals surface area contributed by atoms with E-state index in [1.165, 1.54) is 0 Å². The third kappa shape index (κ3) is 9.79. The van der Waals surface area contributed by atoms with Crippen LogP contribution in [0.2, 0.25) is 0 Å². The molecule has 0 radical (unpaired) electrons. The summed E-state index contributed by atoms with van der Waals surface area (Å²) in [5, 5.41) is 84.4. The lowest BCUT2D eigenvalue weighted by molar-refractivity contribution is -0.202. The van der Waals surface area contributed by atoms with E-state index in [4.69, 9.17) is 23.7 Å². The van der Waals surface area contributed by atoms with Crippen LogP contribution in [0.25, 0.3) is 16.5 Å². The van der Waals surface area contributed by atoms with Crippen molar-refractivity contribution in [1.82, 2.24) is 9.88 Å². The second-order valence-corrected chi connectivity index (χ2v) is 24.8. The number of aldehydes is 1. The molecule has 4 aromatic rings. The third-order valence-electron chi connectivity index (χ3n) is 20.4. The summed E-state index contributed by atoms with van der Waals surface area (Å²) >= 11 is 0. The highest BCUT2D eigenvalue weighted by molar-refractivity contribution is 6.11. The Labute approximate surface area is 489 Å². The minimum absolute atomic E-state index is 0.00827. The molecule has 2 bridgehead atoms. The van der Waals surface area contributed by atoms with E-state index in [0.717, 1.165) is 59.0 Å². The molecule has 8 aliphatic rings. The molecular weight excluding hydrogens is 1070 g/mol. The summed E-state index contributed by atoms with van der Waals surface area (Å²) < 4.78 is 32.4. The van der Waals surface area contributed by atoms with Gasteiger partial charge >= 0.3 is 5.97 Å². The summed E-state index contributed by atoms with van der Waals surface area (Å²) in [6.45, 7) is 2.43. The van der Waals surface area contributed by atoms with Crippen LogP contribution in [0.4, 0.5) is 0 Å². The Morgan fingerprint density at radius 3 is 2.49 bits per heavy atom. The number of aromatic nitrogens is 1. The number of ether oxygens (including phenoxy) is 5. The molecule has 1 aromatic heterocycles. The number of fused-ring (bicyclic) bond motifs is 12. The van der Waals surface area contributed by atoms with Crippen molar-refractivity contribution in [1.29, 1.82) is 0 Å². The monoisotopic (exact) mass is 1150 g/mol. The van der Waals surface area contributed by atoms with Gasteiger partial charge in [0.15, 0.2) is 11.9 Å². The highest BCUT2D eigenvalue weighted by atomic mass is 16.6. The van der Waals surface area contributed by atoms with Crippen molar-refractivity contribution in [3.05, 3.63) is 128 Å². The van der Waals surface area contributed by atoms with Crippen LogP contribution in [-0.4, -0.2) is 154 Å². The molecule has 1 saturated carbocycles. The standard InChI is InChI=1S/C67H80N2O15/c1-3-81-65(78)64-52(34-74)57-43-23-45(33-73)60(77)49(25-43)48-24-41-14-18-68-55(41)27-39(48)10-9-37(31-71)36-82-62-51-29-66(84-61(51)53(35-75)63(83-64)58(57)62)17-13-38(16-21-70)59-50(26-44-30-69(19-6-22-80-2)20-15-54(44)67(59,66)79)56(76)28-40-11-12-42(32-72)47-8-5-4-7-46(40)47/h4-5,7-8,13-14,17-18,24,26-27,34,37-38,40,42,44-45,49,54,56,59,68,70-73,75-76,79H,3,6,9-12,15-16,19-23,25,28-33,35-36H2,1-2H3/b57-43-/t37-,38+,40+,42-,44+,45-,49+,54-,56+,59+,66-,67-/m0/s1. The Balaban J connectivity index is 1.05. The second-order valence-electron chi connectivity index (χ2n) is 24.8. The number of carbonyl (C=O) groups excluding carboxylic acids is 3. The van der Waals surface area contributed by atoms with E-state index in [0.29, 0.717) is 68.4 Å². The average molecular weight is 1150 g/mol. The normalized spacial score (nSPS) is 31.1. The van der Waals surface area contributed by atoms with Gasteiger partial charge in [-0.3, -0.25) is 9.59 Å². The molecular formula is C67H80N2O15. The number of ketones is 1. The predicted octanol–water partition coefficient (Wildman–Crippen LogP) is 6.42. The van der Waals surface area contributed by atoms with Crippen molar-refractivity contribution in [2.24, 2.45) is 35.5 Å². The molecule has 0 unspecified atom stereocenters. The van der Waals surface area contributed by atoms with Gasteiger partial charge in [0.1, 0.15) is 28.6 Å². The van der Waals surface area contributed by atoms with Crippen molar-refractivity contribution in [2.45, 2.75) is 119 Å². The smallest absolute Gasteiger partial charge is 0.375 e. The average Bonchev–Trinajstić information content (AvgIpc) is 1.49. The van der Waals surface area contributed by atoms with Crippen LogP contribution >= 0.6 is 0 Å². The number of nitrogens with one attached hydrogen (secondary N) is 1. The molecule has 1 spiro atoms. The van der Waals surface area contributed by atoms with Crippen LogP contribution in [0, 0.1) is 35.5 Å². The molecule has 1 saturated heterocycles. The van der Waals surface area contributed by atoms with E-state index in [1.807, 2.05) is 48.7 Å². The van der Waals surface area contributed by atoms with E-state index < -0.39 is 77.8 Å². The first-order valence-electron chi connectivity index (χ1n) is 30.5. The summed E-state index contributed by atoms with van der Waals surface area (Å²) in [5.74, 6) is -5.49. The number of piperidine rings is 1. The Morgan fingerprint density at radius 1 is 0.952 bits per heavy atom. The largest absolute Gasteiger partial charge is 0.492 e. The molecule has 84 heavy (non-hydrogen) atoms. The summed E-state index contributed by atoms with van der Waals surface area (Å²) in [5.41, 5.74) is 3.33. The number of Topliss-reactive ketones (excluding diaryl/α,β-unsaturated/α-hetero) is 1. The van der Waals surface area contributed by atoms with Crippen molar-refractivity contribution >= 4 is 34.5 Å². The van der Waals surface area contributed by atoms with Gasteiger partial charge in [-0.15, -0.1) is 0 Å². The maximum atomic E-state index is 14.8. The maximum absolute atomic E-state index is 14.8. The number of nitrogens with zero attached hydrogens (tertiary/aromatic N) is 1. The van der Waals surface area contributed by atoms with E-state index in [2.05, 4.69) is 28.1 Å². The zero-order valence-corrected chi connectivity index (χ0v) is 48.1. The fourth-order valence-corrected chi connectivity index (χ4v) is 16.4. The van der Waals surface area contributed by atoms with Gasteiger partial charge in [-0.2, -0.15) is 0 Å². The van der Waals surface area contributed by atoms with Gasteiger partial charge in [-0.25, -0.2) is 4.79 Å². The van der Waals surface area contributed by atoms with Crippen LogP contribution in [0.3, 0.4) is 0 Å². The highest BCUT2D eigenvalue weighted by Crippen LogP contribution is 2.65. The SMILES string of the molecule is CCOC(=O)C1=C(C=O)/C2=C3\C[C@@H](CO)C(=O)[C@H](C3)c3cc4cc[nH]c4cc3CC[C@@H](CO)COc3c4c(c(CO)c(c32)O1)O[C@@]1(C=C[C@H](CCO)[C@@H]2C([C@H](O)C[C@H]3CC[C@@H](CO)c5ccccc53)=C[C@@H]3CN(CCCOC)CC[C@@H]3[C@]21O)C4. The summed E-state index contributed by atoms with van der Waals surface area (Å²) in [4.78, 5) is 48.8. The molecule has 3 aromatic carbocycles. The lowest BCUT2D eigenvalue weighted by Crippen LogP contribution is -2.72. The van der Waals surface area contributed by atoms with E-state index in [9.17, 15) is 50.1 Å². The number of rotatable bonds is 16. The molecule has 12 rings (SSSR count). The Kier molecular flexibility index (Phi) is 16.7. The number of esters is 1. The van der Waals surface area contributed by atoms with Crippen LogP contribution in [0.5, 0.6) is 17.2 Å². The van der Waals surface area contributed by atoms with Crippen molar-refractivity contribution < 1.29 is 73.8 Å². The highest BCUT2D eigenvalue weighted by Gasteiger charge is 2.69. The Bertz CT molecular complexity index is 3320. The van der Waals surface area contributed by atoms with Crippen LogP contribution in [-0.2, 0) is 43.3 Å². The van der Waals surface area contributed by atoms with Gasteiger partial charge in [0.05, 0.1) is 49.2 Å². The number of likely N-dealkylation sites (tertiary alicyclic amines) is 1. The third-order valence-corrected chi connectivity index (χ3v) is 20.4. The molecule has 12 atom stereocenters. The molecule has 0 amide bonds. The number of allylic oxidation sites excluding steroid dienone is 4. The minimum Gasteiger partial charge on any atom is -0.492 e. The molecule has 2 fully saturated rings. The number of methoxy groups -OCH3 is 1. The Morgan fingerprint density at radius 2 is 1.75 bits per heavy atom. The van der Waals surface area contributed by atoms with Gasteiger partial charge in [0, 0.05) is 111 Å². The fourth-order valence-electron chi connectivity index (χ4n) is 16.4. The van der Waals surface area contributed by atoms with Gasteiger partial charge in [0.25, 0.3) is 0 Å². The summed E-state index contributed by atoms with van der Waals surface area (Å²) in [7, 11) is 1.69. The molecule has 17 heteroatoms. The number of aliphatic hydroxyl groups is 7. The molecule has 8 N–H and O–H groups in total. The van der Waals surface area contributed by atoms with Crippen molar-refractivity contribution in [2.75, 3.05) is 73.0 Å². The van der Waals surface area contributed by atoms with Crippen LogP contribution in [0.1, 0.15) is 121 Å². The number of aromatic amines is 1. The first kappa shape index (κ1) is 58.4. The predicted molar refractivity (Wildman–Crippen MR) is 311 cm³/mol. The molecule has 17 nitrogen and oxygen atoms in total. The number of aryl methyl sites for hydroxylation is 1. The second kappa shape index (κ2) is 24.1. The molecule has 5 heterocycles. The summed E-state index contributed by atoms with van der Waals surface area (Å²) in [6, 6.07) is 14.1. The zero-order valence-electron chi connectivity index (χ0n) is 48.1. The van der Waals surface area contributed by atoms with E-state index in [-0.39, 0.29) is 122 Å². The van der Waals surface area contributed by atoms with E-state index in [1.54, 1.807) is 14.0 Å². The maximum Gasteiger partial charge on any atom is 0.375 e. The van der Waals surface area contributed by atoms with E-state index >= 15 is 0 Å². The number of hydrogen-bond donors (Lipinski definition) is 8. The minimum atomic E-state index is -1.80. The fraction of sp³-hybridized carbons (Fsp3) is 0.537. The zero-order chi connectivity index (χ0) is 58.6. The number of aliphatic hydroxyl groups excluding tert-OH is 6. The van der Waals surface area contributed by atoms with Gasteiger partial charge in [-0.05, 0) is 153 Å². The van der Waals surface area contributed by atoms with Crippen molar-refractivity contribution in [3.8, 4) is 17.2 Å². The number of H-pyrrole nitrogens is 1. The quantitative estimate of drug-likeness (QED) is 0.0261. The topological polar surface area (TPSA) is 258 Å². The van der Waals surface area contributed by atoms with Crippen molar-refractivity contribution in [3.63, 3.8) is 0 Å². The number of carbonyl (C=O) groups is 3. The van der Waals surface area contributed by atoms with Gasteiger partial charge in [0.2, 0.25) is 5.76 Å². The van der Waals surface area contributed by atoms with Gasteiger partial charge < -0.3 is 69.3 Å². The molecule has 4 aliphatic carbocycles. The summed E-state index contributed by atoms with van der Waals surface area (Å²) in [6.07, 6.45) is 11.8. The molecule has 4 aliphatic heterocycles. The first-order valence-corrected chi connectivity index (χ1v) is 30.5. The molecule has 448 valence electrons. The van der Waals surface area contributed by atoms with Crippen LogP contribution in [0.15, 0.2) is 89.4 Å². The lowest BCUT2D eigenvalue weighted by atomic mass is 9.49. The Hall–Kier alpha value is -5.99. The van der Waals surface area contributed by atoms with Crippen LogP contribution < -0.4 is 14.2 Å². The first-order chi connectivity index (χ1) is 40.9. The number of benzene rings is 3. The van der Waals surface area contributed by atoms with Gasteiger partial charge in [-0.1, -0.05) is 42.0 Å².